The number of amides is 1. The minimum absolute atomic E-state index is 0.0863. The van der Waals surface area contributed by atoms with Gasteiger partial charge in [0.05, 0.1) is 31.6 Å². The molecule has 16 heavy (non-hydrogen) atoms. The minimum atomic E-state index is -0.261. The number of carbonyl (C=O) groups excluding carboxylic acids is 1. The predicted octanol–water partition coefficient (Wildman–Crippen LogP) is -0.320. The molecule has 1 unspecified atom stereocenters. The maximum Gasteiger partial charge on any atom is 0.268 e. The van der Waals surface area contributed by atoms with Gasteiger partial charge in [0.15, 0.2) is 0 Å². The lowest BCUT2D eigenvalue weighted by atomic mass is 10.2. The summed E-state index contributed by atoms with van der Waals surface area (Å²) in [5.74, 6) is -0.116. The SMILES string of the molecule is Cc1nnsc1C(=O)N1CCOCC1CO. The van der Waals surface area contributed by atoms with Gasteiger partial charge in [-0.1, -0.05) is 4.49 Å². The van der Waals surface area contributed by atoms with Gasteiger partial charge >= 0.3 is 0 Å². The van der Waals surface area contributed by atoms with Crippen molar-refractivity contribution >= 4 is 17.4 Å². The van der Waals surface area contributed by atoms with Crippen LogP contribution in [0.4, 0.5) is 0 Å². The van der Waals surface area contributed by atoms with Gasteiger partial charge in [-0.25, -0.2) is 0 Å². The molecule has 1 amide bonds. The zero-order valence-electron chi connectivity index (χ0n) is 8.92. The number of morpholine rings is 1. The third-order valence-electron chi connectivity index (χ3n) is 2.54. The molecule has 0 aliphatic carbocycles. The fourth-order valence-corrected chi connectivity index (χ4v) is 2.24. The Morgan fingerprint density at radius 1 is 1.75 bits per heavy atom. The van der Waals surface area contributed by atoms with Crippen LogP contribution in [0, 0.1) is 6.92 Å². The fourth-order valence-electron chi connectivity index (χ4n) is 1.63. The van der Waals surface area contributed by atoms with Gasteiger partial charge in [-0.05, 0) is 18.5 Å². The summed E-state index contributed by atoms with van der Waals surface area (Å²) >= 11 is 1.09. The summed E-state index contributed by atoms with van der Waals surface area (Å²) < 4.78 is 8.96. The van der Waals surface area contributed by atoms with Gasteiger partial charge in [0, 0.05) is 6.54 Å². The second-order valence-corrected chi connectivity index (χ2v) is 4.35. The number of rotatable bonds is 2. The molecule has 0 radical (unpaired) electrons. The summed E-state index contributed by atoms with van der Waals surface area (Å²) in [7, 11) is 0. The Kier molecular flexibility index (Phi) is 3.47. The Labute approximate surface area is 97.0 Å². The van der Waals surface area contributed by atoms with E-state index >= 15 is 0 Å². The second kappa shape index (κ2) is 4.86. The Hall–Kier alpha value is -1.05. The molecule has 2 rings (SSSR count). The van der Waals surface area contributed by atoms with E-state index in [0.717, 1.165) is 11.5 Å². The molecule has 0 aromatic carbocycles. The Morgan fingerprint density at radius 2 is 2.56 bits per heavy atom. The summed E-state index contributed by atoms with van der Waals surface area (Å²) in [6.45, 7) is 3.06. The number of carbonyl (C=O) groups is 1. The number of hydrogen-bond donors (Lipinski definition) is 1. The largest absolute Gasteiger partial charge is 0.394 e. The van der Waals surface area contributed by atoms with Gasteiger partial charge < -0.3 is 14.7 Å². The molecular weight excluding hydrogens is 230 g/mol. The number of aromatic nitrogens is 2. The number of aliphatic hydroxyl groups is 1. The van der Waals surface area contributed by atoms with Crippen LogP contribution in [0.2, 0.25) is 0 Å². The van der Waals surface area contributed by atoms with Crippen LogP contribution in [0.3, 0.4) is 0 Å². The van der Waals surface area contributed by atoms with E-state index in [1.807, 2.05) is 0 Å². The highest BCUT2D eigenvalue weighted by atomic mass is 32.1. The average Bonchev–Trinajstić information content (AvgIpc) is 2.74. The van der Waals surface area contributed by atoms with Crippen molar-refractivity contribution < 1.29 is 14.6 Å². The van der Waals surface area contributed by atoms with Crippen molar-refractivity contribution in [1.29, 1.82) is 0 Å². The molecule has 0 bridgehead atoms. The molecule has 1 aliphatic rings. The first-order valence-electron chi connectivity index (χ1n) is 5.02. The third-order valence-corrected chi connectivity index (χ3v) is 3.36. The molecule has 1 atom stereocenters. The maximum absolute atomic E-state index is 12.1. The first-order chi connectivity index (χ1) is 7.74. The first kappa shape index (κ1) is 11.4. The number of aliphatic hydroxyl groups excluding tert-OH is 1. The lowest BCUT2D eigenvalue weighted by Gasteiger charge is -2.34. The number of aryl methyl sites for hydroxylation is 1. The smallest absolute Gasteiger partial charge is 0.268 e. The molecule has 1 aromatic rings. The standard InChI is InChI=1S/C9H13N3O3S/c1-6-8(16-11-10-6)9(14)12-2-3-15-5-7(12)4-13/h7,13H,2-5H2,1H3. The molecule has 2 heterocycles. The summed E-state index contributed by atoms with van der Waals surface area (Å²) in [6.07, 6.45) is 0. The Bertz CT molecular complexity index is 382. The minimum Gasteiger partial charge on any atom is -0.394 e. The summed E-state index contributed by atoms with van der Waals surface area (Å²) in [4.78, 5) is 14.3. The highest BCUT2D eigenvalue weighted by molar-refractivity contribution is 7.07. The van der Waals surface area contributed by atoms with Gasteiger partial charge in [-0.3, -0.25) is 4.79 Å². The highest BCUT2D eigenvalue weighted by Crippen LogP contribution is 2.16. The zero-order valence-corrected chi connectivity index (χ0v) is 9.74. The lowest BCUT2D eigenvalue weighted by molar-refractivity contribution is -0.0182. The fraction of sp³-hybridized carbons (Fsp3) is 0.667. The quantitative estimate of drug-likeness (QED) is 0.770. The van der Waals surface area contributed by atoms with E-state index in [0.29, 0.717) is 30.3 Å². The van der Waals surface area contributed by atoms with Crippen molar-refractivity contribution in [2.75, 3.05) is 26.4 Å². The van der Waals surface area contributed by atoms with Crippen LogP contribution in [0.1, 0.15) is 15.4 Å². The van der Waals surface area contributed by atoms with Gasteiger partial charge in [0.2, 0.25) is 0 Å². The average molecular weight is 243 g/mol. The molecule has 1 N–H and O–H groups in total. The van der Waals surface area contributed by atoms with Crippen LogP contribution >= 0.6 is 11.5 Å². The summed E-state index contributed by atoms with van der Waals surface area (Å²) in [5, 5.41) is 13.0. The van der Waals surface area contributed by atoms with E-state index in [2.05, 4.69) is 9.59 Å². The van der Waals surface area contributed by atoms with Crippen molar-refractivity contribution in [3.05, 3.63) is 10.6 Å². The predicted molar refractivity (Wildman–Crippen MR) is 57.4 cm³/mol. The van der Waals surface area contributed by atoms with E-state index in [-0.39, 0.29) is 18.6 Å². The number of nitrogens with zero attached hydrogens (tertiary/aromatic N) is 3. The van der Waals surface area contributed by atoms with Crippen molar-refractivity contribution in [2.24, 2.45) is 0 Å². The van der Waals surface area contributed by atoms with Crippen molar-refractivity contribution in [1.82, 2.24) is 14.5 Å². The molecule has 0 spiro atoms. The molecule has 6 nitrogen and oxygen atoms in total. The van der Waals surface area contributed by atoms with E-state index in [1.165, 1.54) is 0 Å². The van der Waals surface area contributed by atoms with E-state index in [9.17, 15) is 9.90 Å². The molecule has 1 saturated heterocycles. The van der Waals surface area contributed by atoms with Gasteiger partial charge in [-0.15, -0.1) is 5.10 Å². The normalized spacial score (nSPS) is 21.1. The van der Waals surface area contributed by atoms with Crippen LogP contribution in [0.25, 0.3) is 0 Å². The molecule has 1 fully saturated rings. The number of ether oxygens (including phenoxy) is 1. The Morgan fingerprint density at radius 3 is 3.19 bits per heavy atom. The van der Waals surface area contributed by atoms with Crippen LogP contribution in [-0.4, -0.2) is 57.9 Å². The van der Waals surface area contributed by atoms with Crippen molar-refractivity contribution in [2.45, 2.75) is 13.0 Å². The first-order valence-corrected chi connectivity index (χ1v) is 5.80. The van der Waals surface area contributed by atoms with Gasteiger partial charge in [-0.2, -0.15) is 0 Å². The molecule has 1 aliphatic heterocycles. The highest BCUT2D eigenvalue weighted by Gasteiger charge is 2.29. The van der Waals surface area contributed by atoms with Gasteiger partial charge in [0.25, 0.3) is 5.91 Å². The van der Waals surface area contributed by atoms with E-state index in [4.69, 9.17) is 4.74 Å². The van der Waals surface area contributed by atoms with Crippen LogP contribution in [0.5, 0.6) is 0 Å². The third kappa shape index (κ3) is 2.06. The topological polar surface area (TPSA) is 75.6 Å². The zero-order chi connectivity index (χ0) is 11.5. The summed E-state index contributed by atoms with van der Waals surface area (Å²) in [5.41, 5.74) is 0.637. The Balaban J connectivity index is 2.17. The van der Waals surface area contributed by atoms with Crippen molar-refractivity contribution in [3.8, 4) is 0 Å². The summed E-state index contributed by atoms with van der Waals surface area (Å²) in [6, 6.07) is -0.261. The second-order valence-electron chi connectivity index (χ2n) is 3.60. The maximum atomic E-state index is 12.1. The van der Waals surface area contributed by atoms with E-state index in [1.54, 1.807) is 11.8 Å². The molecule has 7 heteroatoms. The van der Waals surface area contributed by atoms with Crippen LogP contribution in [0.15, 0.2) is 0 Å². The van der Waals surface area contributed by atoms with E-state index < -0.39 is 0 Å². The molecule has 88 valence electrons. The molecule has 0 saturated carbocycles. The van der Waals surface area contributed by atoms with Crippen molar-refractivity contribution in [3.63, 3.8) is 0 Å². The number of hydrogen-bond acceptors (Lipinski definition) is 6. The molecule has 1 aromatic heterocycles. The van der Waals surface area contributed by atoms with Crippen LogP contribution < -0.4 is 0 Å². The monoisotopic (exact) mass is 243 g/mol. The molecular formula is C9H13N3O3S. The lowest BCUT2D eigenvalue weighted by Crippen LogP contribution is -2.50. The van der Waals surface area contributed by atoms with Gasteiger partial charge in [0.1, 0.15) is 4.88 Å². The van der Waals surface area contributed by atoms with Crippen LogP contribution in [-0.2, 0) is 4.74 Å².